The molecule has 1 unspecified atom stereocenters. The van der Waals surface area contributed by atoms with Gasteiger partial charge in [0.1, 0.15) is 5.76 Å². The molecule has 0 saturated heterocycles. The smallest absolute Gasteiger partial charge is 0.338 e. The van der Waals surface area contributed by atoms with E-state index in [1.54, 1.807) is 6.92 Å². The second-order valence-corrected chi connectivity index (χ2v) is 5.86. The number of nitrogens with two attached hydrogens (primary N) is 1. The number of hydrogen-bond donors (Lipinski definition) is 2. The summed E-state index contributed by atoms with van der Waals surface area (Å²) in [5.74, 6) is -3.30. The monoisotopic (exact) mass is 389 g/mol. The van der Waals surface area contributed by atoms with Crippen LogP contribution in [0, 0.1) is 10.1 Å². The number of carbonyl (C=O) groups is 3. The number of hydrogen-bond acceptors (Lipinski definition) is 7. The molecule has 1 aliphatic rings. The number of primary amides is 1. The van der Waals surface area contributed by atoms with Crippen LogP contribution in [-0.2, 0) is 23.9 Å². The Hall–Kier alpha value is -3.69. The number of rotatable bonds is 6. The SMILES string of the molecule is CCOC(=O)C1=C(C)OC(NC(C)=O)=C(C(N)=O)C1c1ccc([N+](=O)[O-])cc1. The van der Waals surface area contributed by atoms with Gasteiger partial charge in [0.05, 0.1) is 28.6 Å². The summed E-state index contributed by atoms with van der Waals surface area (Å²) < 4.78 is 10.5. The minimum Gasteiger partial charge on any atom is -0.463 e. The Kier molecular flexibility index (Phi) is 6.14. The molecule has 1 heterocycles. The zero-order valence-corrected chi connectivity index (χ0v) is 15.5. The van der Waals surface area contributed by atoms with Crippen molar-refractivity contribution in [1.82, 2.24) is 5.32 Å². The molecule has 0 aliphatic carbocycles. The summed E-state index contributed by atoms with van der Waals surface area (Å²) >= 11 is 0. The standard InChI is InChI=1S/C18H19N3O7/c1-4-27-18(24)13-9(2)28-17(20-10(3)22)15(16(19)23)14(13)11-5-7-12(8-6-11)21(25)26/h5-8,14H,4H2,1-3H3,(H2,19,23)(H,20,22). The molecule has 1 atom stereocenters. The Labute approximate surface area is 160 Å². The van der Waals surface area contributed by atoms with Crippen LogP contribution in [0.25, 0.3) is 0 Å². The molecule has 0 spiro atoms. The number of nitro benzene ring substituents is 1. The van der Waals surface area contributed by atoms with Gasteiger partial charge in [-0.05, 0) is 19.4 Å². The first-order valence-corrected chi connectivity index (χ1v) is 8.29. The number of non-ortho nitro benzene ring substituents is 1. The molecular formula is C18H19N3O7. The molecule has 28 heavy (non-hydrogen) atoms. The number of ether oxygens (including phenoxy) is 2. The second kappa shape index (κ2) is 8.33. The molecule has 148 valence electrons. The van der Waals surface area contributed by atoms with Gasteiger partial charge in [0.2, 0.25) is 11.8 Å². The molecule has 10 heteroatoms. The molecule has 0 bridgehead atoms. The van der Waals surface area contributed by atoms with E-state index in [9.17, 15) is 24.5 Å². The lowest BCUT2D eigenvalue weighted by atomic mass is 9.82. The number of benzene rings is 1. The van der Waals surface area contributed by atoms with E-state index in [1.807, 2.05) is 0 Å². The fraction of sp³-hybridized carbons (Fsp3) is 0.278. The summed E-state index contributed by atoms with van der Waals surface area (Å²) in [7, 11) is 0. The highest BCUT2D eigenvalue weighted by Gasteiger charge is 2.39. The number of carbonyl (C=O) groups excluding carboxylic acids is 3. The predicted molar refractivity (Wildman–Crippen MR) is 96.3 cm³/mol. The molecule has 0 fully saturated rings. The molecule has 2 amide bonds. The second-order valence-electron chi connectivity index (χ2n) is 5.86. The van der Waals surface area contributed by atoms with Gasteiger partial charge in [-0.15, -0.1) is 0 Å². The maximum atomic E-state index is 12.5. The largest absolute Gasteiger partial charge is 0.463 e. The predicted octanol–water partition coefficient (Wildman–Crippen LogP) is 1.38. The van der Waals surface area contributed by atoms with Crippen LogP contribution >= 0.6 is 0 Å². The number of nitro groups is 1. The molecule has 1 aromatic carbocycles. The van der Waals surface area contributed by atoms with Crippen LogP contribution in [-0.4, -0.2) is 29.3 Å². The zero-order valence-electron chi connectivity index (χ0n) is 15.5. The van der Waals surface area contributed by atoms with E-state index in [1.165, 1.54) is 38.1 Å². The van der Waals surface area contributed by atoms with Crippen molar-refractivity contribution in [2.24, 2.45) is 5.73 Å². The quantitative estimate of drug-likeness (QED) is 0.424. The highest BCUT2D eigenvalue weighted by Crippen LogP contribution is 2.40. The number of esters is 1. The Morgan fingerprint density at radius 3 is 2.32 bits per heavy atom. The first kappa shape index (κ1) is 20.6. The molecule has 1 aliphatic heterocycles. The van der Waals surface area contributed by atoms with Crippen LogP contribution in [0.5, 0.6) is 0 Å². The molecule has 2 rings (SSSR count). The van der Waals surface area contributed by atoms with Crippen molar-refractivity contribution >= 4 is 23.5 Å². The van der Waals surface area contributed by atoms with E-state index in [0.29, 0.717) is 5.56 Å². The fourth-order valence-electron chi connectivity index (χ4n) is 2.84. The van der Waals surface area contributed by atoms with Crippen LogP contribution in [0.15, 0.2) is 47.1 Å². The van der Waals surface area contributed by atoms with Gasteiger partial charge in [0.15, 0.2) is 0 Å². The summed E-state index contributed by atoms with van der Waals surface area (Å²) in [4.78, 5) is 46.6. The average molecular weight is 389 g/mol. The molecule has 0 aromatic heterocycles. The topological polar surface area (TPSA) is 151 Å². The van der Waals surface area contributed by atoms with E-state index < -0.39 is 28.6 Å². The van der Waals surface area contributed by atoms with Crippen molar-refractivity contribution in [2.75, 3.05) is 6.61 Å². The third-order valence-electron chi connectivity index (χ3n) is 3.94. The van der Waals surface area contributed by atoms with Crippen LogP contribution in [0.2, 0.25) is 0 Å². The average Bonchev–Trinajstić information content (AvgIpc) is 2.60. The van der Waals surface area contributed by atoms with Gasteiger partial charge in [-0.25, -0.2) is 4.79 Å². The summed E-state index contributed by atoms with van der Waals surface area (Å²) in [5.41, 5.74) is 5.56. The van der Waals surface area contributed by atoms with Gasteiger partial charge >= 0.3 is 5.97 Å². The van der Waals surface area contributed by atoms with Crippen molar-refractivity contribution in [3.05, 3.63) is 62.7 Å². The van der Waals surface area contributed by atoms with Crippen molar-refractivity contribution in [3.63, 3.8) is 0 Å². The lowest BCUT2D eigenvalue weighted by Gasteiger charge is -2.29. The van der Waals surface area contributed by atoms with E-state index in [2.05, 4.69) is 5.32 Å². The number of nitrogens with zero attached hydrogens (tertiary/aromatic N) is 1. The highest BCUT2D eigenvalue weighted by molar-refractivity contribution is 6.01. The van der Waals surface area contributed by atoms with Gasteiger partial charge in [-0.1, -0.05) is 12.1 Å². The first-order chi connectivity index (χ1) is 13.2. The minimum atomic E-state index is -1.03. The van der Waals surface area contributed by atoms with Crippen LogP contribution in [0.4, 0.5) is 5.69 Å². The van der Waals surface area contributed by atoms with Gasteiger partial charge in [-0.2, -0.15) is 0 Å². The summed E-state index contributed by atoms with van der Waals surface area (Å²) in [5, 5.41) is 13.3. The number of amides is 2. The summed E-state index contributed by atoms with van der Waals surface area (Å²) in [6.07, 6.45) is 0. The molecule has 10 nitrogen and oxygen atoms in total. The van der Waals surface area contributed by atoms with E-state index >= 15 is 0 Å². The van der Waals surface area contributed by atoms with Crippen LogP contribution in [0.3, 0.4) is 0 Å². The maximum absolute atomic E-state index is 12.5. The molecule has 0 radical (unpaired) electrons. The summed E-state index contributed by atoms with van der Waals surface area (Å²) in [6.45, 7) is 4.39. The van der Waals surface area contributed by atoms with Crippen molar-refractivity contribution in [1.29, 1.82) is 0 Å². The normalized spacial score (nSPS) is 16.3. The Balaban J connectivity index is 2.70. The van der Waals surface area contributed by atoms with E-state index in [4.69, 9.17) is 15.2 Å². The first-order valence-electron chi connectivity index (χ1n) is 8.29. The number of nitrogens with one attached hydrogen (secondary N) is 1. The maximum Gasteiger partial charge on any atom is 0.338 e. The van der Waals surface area contributed by atoms with Crippen molar-refractivity contribution < 1.29 is 28.8 Å². The molecule has 0 saturated carbocycles. The van der Waals surface area contributed by atoms with Crippen LogP contribution in [0.1, 0.15) is 32.3 Å². The fourth-order valence-corrected chi connectivity index (χ4v) is 2.84. The van der Waals surface area contributed by atoms with Gasteiger partial charge in [0.25, 0.3) is 11.6 Å². The molecular weight excluding hydrogens is 370 g/mol. The van der Waals surface area contributed by atoms with Crippen molar-refractivity contribution in [3.8, 4) is 0 Å². The highest BCUT2D eigenvalue weighted by atomic mass is 16.6. The van der Waals surface area contributed by atoms with Gasteiger partial charge < -0.3 is 15.2 Å². The van der Waals surface area contributed by atoms with E-state index in [-0.39, 0.29) is 35.1 Å². The van der Waals surface area contributed by atoms with E-state index in [0.717, 1.165) is 0 Å². The summed E-state index contributed by atoms with van der Waals surface area (Å²) in [6, 6.07) is 5.27. The lowest BCUT2D eigenvalue weighted by Crippen LogP contribution is -2.35. The Bertz CT molecular complexity index is 900. The third kappa shape index (κ3) is 4.17. The third-order valence-corrected chi connectivity index (χ3v) is 3.94. The van der Waals surface area contributed by atoms with Gasteiger partial charge in [0, 0.05) is 19.1 Å². The van der Waals surface area contributed by atoms with Crippen LogP contribution < -0.4 is 11.1 Å². The molecule has 3 N–H and O–H groups in total. The Morgan fingerprint density at radius 2 is 1.86 bits per heavy atom. The lowest BCUT2D eigenvalue weighted by molar-refractivity contribution is -0.384. The van der Waals surface area contributed by atoms with Gasteiger partial charge in [-0.3, -0.25) is 25.0 Å². The Morgan fingerprint density at radius 1 is 1.25 bits per heavy atom. The van der Waals surface area contributed by atoms with Crippen molar-refractivity contribution in [2.45, 2.75) is 26.7 Å². The zero-order chi connectivity index (χ0) is 21.0. The minimum absolute atomic E-state index is 0.0126. The number of allylic oxidation sites excluding steroid dienone is 1. The molecule has 1 aromatic rings.